The van der Waals surface area contributed by atoms with Gasteiger partial charge in [0.05, 0.1) is 11.2 Å². The molecule has 0 atom stereocenters. The quantitative estimate of drug-likeness (QED) is 0.873. The summed E-state index contributed by atoms with van der Waals surface area (Å²) in [6, 6.07) is 7.74. The molecular formula is C17H24BNO3. The van der Waals surface area contributed by atoms with E-state index in [1.807, 2.05) is 52.0 Å². The molecule has 1 aliphatic heterocycles. The van der Waals surface area contributed by atoms with Crippen molar-refractivity contribution in [3.63, 3.8) is 0 Å². The highest BCUT2D eigenvalue weighted by Gasteiger charge is 2.51. The molecule has 0 aromatic heterocycles. The van der Waals surface area contributed by atoms with Crippen LogP contribution in [0.1, 0.15) is 47.0 Å². The van der Waals surface area contributed by atoms with Crippen LogP contribution in [0.15, 0.2) is 24.3 Å². The molecule has 0 bridgehead atoms. The molecule has 1 saturated carbocycles. The molecule has 118 valence electrons. The van der Waals surface area contributed by atoms with Gasteiger partial charge in [-0.3, -0.25) is 4.79 Å². The van der Waals surface area contributed by atoms with Crippen molar-refractivity contribution in [2.24, 2.45) is 5.92 Å². The maximum absolute atomic E-state index is 11.9. The Hall–Kier alpha value is -1.33. The summed E-state index contributed by atoms with van der Waals surface area (Å²) in [4.78, 5) is 11.9. The zero-order chi connectivity index (χ0) is 16.0. The molecule has 2 aliphatic rings. The fourth-order valence-electron chi connectivity index (χ4n) is 2.62. The smallest absolute Gasteiger partial charge is 0.399 e. The van der Waals surface area contributed by atoms with E-state index in [0.717, 1.165) is 24.0 Å². The molecular weight excluding hydrogens is 277 g/mol. The van der Waals surface area contributed by atoms with Crippen LogP contribution in [-0.4, -0.2) is 24.2 Å². The molecule has 1 aromatic rings. The second-order valence-corrected chi connectivity index (χ2v) is 7.33. The maximum Gasteiger partial charge on any atom is 0.494 e. The molecule has 3 rings (SSSR count). The average Bonchev–Trinajstić information content (AvgIpc) is 2.57. The van der Waals surface area contributed by atoms with E-state index < -0.39 is 0 Å². The number of carbonyl (C=O) groups is 1. The minimum Gasteiger partial charge on any atom is -0.399 e. The van der Waals surface area contributed by atoms with Crippen molar-refractivity contribution in [3.05, 3.63) is 24.3 Å². The highest BCUT2D eigenvalue weighted by atomic mass is 16.7. The largest absolute Gasteiger partial charge is 0.494 e. The van der Waals surface area contributed by atoms with Gasteiger partial charge in [-0.2, -0.15) is 0 Å². The third-order valence-electron chi connectivity index (χ3n) is 5.18. The number of carbonyl (C=O) groups excluding carboxylic acids is 1. The summed E-state index contributed by atoms with van der Waals surface area (Å²) < 4.78 is 12.1. The van der Waals surface area contributed by atoms with Crippen LogP contribution in [-0.2, 0) is 14.1 Å². The van der Waals surface area contributed by atoms with E-state index >= 15 is 0 Å². The van der Waals surface area contributed by atoms with Crippen LogP contribution in [0.2, 0.25) is 0 Å². The Kier molecular flexibility index (Phi) is 3.81. The predicted octanol–water partition coefficient (Wildman–Crippen LogP) is 2.72. The van der Waals surface area contributed by atoms with Gasteiger partial charge in [0, 0.05) is 11.6 Å². The van der Waals surface area contributed by atoms with E-state index in [4.69, 9.17) is 9.31 Å². The molecule has 0 spiro atoms. The van der Waals surface area contributed by atoms with E-state index in [1.165, 1.54) is 6.42 Å². The van der Waals surface area contributed by atoms with Crippen LogP contribution >= 0.6 is 0 Å². The van der Waals surface area contributed by atoms with E-state index in [-0.39, 0.29) is 30.1 Å². The number of nitrogens with one attached hydrogen (secondary N) is 1. The summed E-state index contributed by atoms with van der Waals surface area (Å²) in [7, 11) is -0.360. The summed E-state index contributed by atoms with van der Waals surface area (Å²) in [5.41, 5.74) is 1.13. The number of benzene rings is 1. The van der Waals surface area contributed by atoms with E-state index in [0.29, 0.717) is 0 Å². The monoisotopic (exact) mass is 301 g/mol. The van der Waals surface area contributed by atoms with Crippen molar-refractivity contribution < 1.29 is 14.1 Å². The minimum absolute atomic E-state index is 0.134. The average molecular weight is 301 g/mol. The van der Waals surface area contributed by atoms with Gasteiger partial charge in [-0.1, -0.05) is 18.6 Å². The van der Waals surface area contributed by atoms with Gasteiger partial charge in [-0.25, -0.2) is 0 Å². The number of hydrogen-bond donors (Lipinski definition) is 1. The lowest BCUT2D eigenvalue weighted by molar-refractivity contribution is -0.122. The first kappa shape index (κ1) is 15.6. The van der Waals surface area contributed by atoms with Crippen molar-refractivity contribution in [3.8, 4) is 0 Å². The number of rotatable bonds is 3. The van der Waals surface area contributed by atoms with Crippen molar-refractivity contribution >= 4 is 24.2 Å². The number of anilines is 1. The molecule has 0 radical (unpaired) electrons. The lowest BCUT2D eigenvalue weighted by atomic mass is 9.79. The Labute approximate surface area is 132 Å². The lowest BCUT2D eigenvalue weighted by Crippen LogP contribution is -2.41. The first-order chi connectivity index (χ1) is 10.3. The Bertz CT molecular complexity index is 548. The van der Waals surface area contributed by atoms with E-state index in [1.54, 1.807) is 0 Å². The molecule has 1 amide bonds. The van der Waals surface area contributed by atoms with Crippen LogP contribution in [0, 0.1) is 5.92 Å². The molecule has 1 N–H and O–H groups in total. The van der Waals surface area contributed by atoms with Gasteiger partial charge in [0.2, 0.25) is 5.91 Å². The fraction of sp³-hybridized carbons (Fsp3) is 0.588. The van der Waals surface area contributed by atoms with Gasteiger partial charge in [-0.15, -0.1) is 0 Å². The second-order valence-electron chi connectivity index (χ2n) is 7.33. The van der Waals surface area contributed by atoms with E-state index in [2.05, 4.69) is 5.32 Å². The zero-order valence-electron chi connectivity index (χ0n) is 13.8. The molecule has 22 heavy (non-hydrogen) atoms. The molecule has 1 aliphatic carbocycles. The Morgan fingerprint density at radius 2 is 1.64 bits per heavy atom. The summed E-state index contributed by atoms with van der Waals surface area (Å²) in [5.74, 6) is 0.331. The van der Waals surface area contributed by atoms with Gasteiger partial charge >= 0.3 is 7.12 Å². The van der Waals surface area contributed by atoms with Crippen LogP contribution in [0.5, 0.6) is 0 Å². The molecule has 4 nitrogen and oxygen atoms in total. The van der Waals surface area contributed by atoms with Crippen LogP contribution < -0.4 is 10.8 Å². The van der Waals surface area contributed by atoms with Gasteiger partial charge < -0.3 is 14.6 Å². The topological polar surface area (TPSA) is 47.6 Å². The Balaban J connectivity index is 1.66. The summed E-state index contributed by atoms with van der Waals surface area (Å²) in [6.07, 6.45) is 3.19. The SMILES string of the molecule is CC1(C)OB(c2ccc(NC(=O)C3CCC3)cc2)OC1(C)C. The first-order valence-electron chi connectivity index (χ1n) is 8.05. The normalized spacial score (nSPS) is 23.2. The Morgan fingerprint density at radius 3 is 2.09 bits per heavy atom. The van der Waals surface area contributed by atoms with Crippen LogP contribution in [0.25, 0.3) is 0 Å². The van der Waals surface area contributed by atoms with Gasteiger partial charge in [0.25, 0.3) is 0 Å². The third-order valence-corrected chi connectivity index (χ3v) is 5.18. The predicted molar refractivity (Wildman–Crippen MR) is 88.1 cm³/mol. The van der Waals surface area contributed by atoms with Gasteiger partial charge in [-0.05, 0) is 58.1 Å². The zero-order valence-corrected chi connectivity index (χ0v) is 13.8. The van der Waals surface area contributed by atoms with Crippen molar-refractivity contribution in [2.75, 3.05) is 5.32 Å². The highest BCUT2D eigenvalue weighted by Crippen LogP contribution is 2.36. The van der Waals surface area contributed by atoms with Gasteiger partial charge in [0.15, 0.2) is 0 Å². The highest BCUT2D eigenvalue weighted by molar-refractivity contribution is 6.62. The fourth-order valence-corrected chi connectivity index (χ4v) is 2.62. The minimum atomic E-state index is -0.360. The summed E-state index contributed by atoms with van der Waals surface area (Å²) in [6.45, 7) is 8.17. The van der Waals surface area contributed by atoms with Crippen LogP contribution in [0.3, 0.4) is 0 Å². The number of hydrogen-bond acceptors (Lipinski definition) is 3. The maximum atomic E-state index is 11.9. The molecule has 1 heterocycles. The second kappa shape index (κ2) is 5.39. The van der Waals surface area contributed by atoms with Gasteiger partial charge in [0.1, 0.15) is 0 Å². The summed E-state index contributed by atoms with van der Waals surface area (Å²) in [5, 5.41) is 2.97. The van der Waals surface area contributed by atoms with Crippen LogP contribution in [0.4, 0.5) is 5.69 Å². The molecule has 5 heteroatoms. The van der Waals surface area contributed by atoms with E-state index in [9.17, 15) is 4.79 Å². The Morgan fingerprint density at radius 1 is 1.09 bits per heavy atom. The third kappa shape index (κ3) is 2.80. The van der Waals surface area contributed by atoms with Crippen molar-refractivity contribution in [2.45, 2.75) is 58.2 Å². The summed E-state index contributed by atoms with van der Waals surface area (Å²) >= 11 is 0. The molecule has 1 aromatic carbocycles. The lowest BCUT2D eigenvalue weighted by Gasteiger charge is -2.32. The number of amides is 1. The first-order valence-corrected chi connectivity index (χ1v) is 8.05. The molecule has 2 fully saturated rings. The standard InChI is InChI=1S/C17H24BNO3/c1-16(2)17(3,4)22-18(21-16)13-8-10-14(11-9-13)19-15(20)12-6-5-7-12/h8-12H,5-7H2,1-4H3,(H,19,20). The van der Waals surface area contributed by atoms with Crippen molar-refractivity contribution in [1.29, 1.82) is 0 Å². The molecule has 0 unspecified atom stereocenters. The molecule has 1 saturated heterocycles. The van der Waals surface area contributed by atoms with Crippen molar-refractivity contribution in [1.82, 2.24) is 0 Å².